The van der Waals surface area contributed by atoms with Crippen LogP contribution in [-0.2, 0) is 0 Å². The molecule has 0 atom stereocenters. The van der Waals surface area contributed by atoms with Crippen LogP contribution in [0.15, 0.2) is 30.5 Å². The molecule has 0 unspecified atom stereocenters. The maximum atomic E-state index is 11.2. The summed E-state index contributed by atoms with van der Waals surface area (Å²) in [6.45, 7) is 0. The van der Waals surface area contributed by atoms with Crippen LogP contribution in [0.25, 0.3) is 11.1 Å². The Morgan fingerprint density at radius 1 is 1.06 bits per heavy atom. The molecular weight excluding hydrogens is 296 g/mol. The number of hydrogen-bond acceptors (Lipinski definition) is 2. The third-order valence-corrected chi connectivity index (χ3v) is 2.92. The van der Waals surface area contributed by atoms with E-state index in [0.717, 1.165) is 0 Å². The van der Waals surface area contributed by atoms with E-state index >= 15 is 0 Å². The largest absolute Gasteiger partial charge is 0.478 e. The van der Waals surface area contributed by atoms with E-state index < -0.39 is 5.97 Å². The van der Waals surface area contributed by atoms with Gasteiger partial charge in [-0.05, 0) is 29.8 Å². The van der Waals surface area contributed by atoms with E-state index in [2.05, 4.69) is 4.98 Å². The lowest BCUT2D eigenvalue weighted by Crippen LogP contribution is -2.00. The van der Waals surface area contributed by atoms with Gasteiger partial charge in [-0.15, -0.1) is 0 Å². The van der Waals surface area contributed by atoms with Crippen LogP contribution in [0.4, 0.5) is 0 Å². The zero-order chi connectivity index (χ0) is 13.3. The summed E-state index contributed by atoms with van der Waals surface area (Å²) in [5.74, 6) is -1.09. The Bertz CT molecular complexity index is 608. The molecule has 0 spiro atoms. The number of carboxylic acids is 1. The fourth-order valence-electron chi connectivity index (χ4n) is 1.55. The predicted octanol–water partition coefficient (Wildman–Crippen LogP) is 4.41. The van der Waals surface area contributed by atoms with E-state index in [1.54, 1.807) is 18.2 Å². The van der Waals surface area contributed by atoms with Crippen molar-refractivity contribution in [3.8, 4) is 11.1 Å². The highest BCUT2D eigenvalue weighted by Crippen LogP contribution is 2.30. The predicted molar refractivity (Wildman–Crippen MR) is 71.7 cm³/mol. The molecule has 92 valence electrons. The molecule has 0 aliphatic rings. The second kappa shape index (κ2) is 5.14. The maximum Gasteiger partial charge on any atom is 0.336 e. The first-order valence-corrected chi connectivity index (χ1v) is 5.96. The third-order valence-electron chi connectivity index (χ3n) is 2.27. The highest BCUT2D eigenvalue weighted by atomic mass is 35.5. The Morgan fingerprint density at radius 2 is 1.67 bits per heavy atom. The zero-order valence-electron chi connectivity index (χ0n) is 8.82. The van der Waals surface area contributed by atoms with Crippen molar-refractivity contribution in [1.82, 2.24) is 4.98 Å². The van der Waals surface area contributed by atoms with Gasteiger partial charge in [-0.2, -0.15) is 0 Å². The van der Waals surface area contributed by atoms with Gasteiger partial charge in [-0.1, -0.05) is 34.8 Å². The molecule has 0 saturated heterocycles. The molecule has 0 saturated carbocycles. The Morgan fingerprint density at radius 3 is 2.22 bits per heavy atom. The maximum absolute atomic E-state index is 11.2. The van der Waals surface area contributed by atoms with E-state index in [4.69, 9.17) is 39.9 Å². The van der Waals surface area contributed by atoms with Gasteiger partial charge >= 0.3 is 5.97 Å². The van der Waals surface area contributed by atoms with E-state index in [9.17, 15) is 4.79 Å². The van der Waals surface area contributed by atoms with Crippen molar-refractivity contribution in [1.29, 1.82) is 0 Å². The molecule has 2 rings (SSSR count). The van der Waals surface area contributed by atoms with Gasteiger partial charge in [0.1, 0.15) is 5.15 Å². The topological polar surface area (TPSA) is 50.2 Å². The van der Waals surface area contributed by atoms with Gasteiger partial charge in [0.2, 0.25) is 0 Å². The van der Waals surface area contributed by atoms with Crippen LogP contribution in [0.5, 0.6) is 0 Å². The zero-order valence-corrected chi connectivity index (χ0v) is 11.1. The monoisotopic (exact) mass is 301 g/mol. The van der Waals surface area contributed by atoms with Gasteiger partial charge in [0.15, 0.2) is 0 Å². The van der Waals surface area contributed by atoms with Gasteiger partial charge < -0.3 is 5.11 Å². The molecule has 1 N–H and O–H groups in total. The molecule has 0 aliphatic carbocycles. The molecule has 0 aliphatic heterocycles. The highest BCUT2D eigenvalue weighted by molar-refractivity contribution is 6.35. The summed E-state index contributed by atoms with van der Waals surface area (Å²) in [4.78, 5) is 15.0. The Labute approximate surface area is 118 Å². The number of pyridine rings is 1. The number of carboxylic acid groups (broad SMARTS) is 1. The molecule has 0 radical (unpaired) electrons. The van der Waals surface area contributed by atoms with E-state index in [1.807, 2.05) is 0 Å². The molecule has 0 bridgehead atoms. The second-order valence-electron chi connectivity index (χ2n) is 3.52. The lowest BCUT2D eigenvalue weighted by molar-refractivity contribution is 0.0697. The number of halogens is 3. The Hall–Kier alpha value is -1.29. The van der Waals surface area contributed by atoms with Gasteiger partial charge in [0.25, 0.3) is 0 Å². The van der Waals surface area contributed by atoms with Crippen LogP contribution in [0.1, 0.15) is 10.4 Å². The first kappa shape index (κ1) is 13.1. The van der Waals surface area contributed by atoms with Crippen molar-refractivity contribution < 1.29 is 9.90 Å². The number of hydrogen-bond donors (Lipinski definition) is 1. The van der Waals surface area contributed by atoms with Gasteiger partial charge in [-0.25, -0.2) is 9.78 Å². The van der Waals surface area contributed by atoms with Crippen LogP contribution >= 0.6 is 34.8 Å². The number of nitrogens with zero attached hydrogens (tertiary/aromatic N) is 1. The summed E-state index contributed by atoms with van der Waals surface area (Å²) < 4.78 is 0. The van der Waals surface area contributed by atoms with Crippen LogP contribution in [0.2, 0.25) is 15.2 Å². The summed E-state index contributed by atoms with van der Waals surface area (Å²) in [6, 6.07) is 6.08. The molecular formula is C12H6Cl3NO2. The number of benzene rings is 1. The SMILES string of the molecule is O=C(O)c1cc(Cl)ncc1-c1cc(Cl)cc(Cl)c1. The summed E-state index contributed by atoms with van der Waals surface area (Å²) in [7, 11) is 0. The van der Waals surface area contributed by atoms with Crippen molar-refractivity contribution in [3.05, 3.63) is 51.2 Å². The molecule has 1 aromatic heterocycles. The summed E-state index contributed by atoms with van der Waals surface area (Å²) in [6.07, 6.45) is 1.38. The van der Waals surface area contributed by atoms with Crippen molar-refractivity contribution in [2.24, 2.45) is 0 Å². The molecule has 1 heterocycles. The third kappa shape index (κ3) is 2.75. The van der Waals surface area contributed by atoms with Crippen molar-refractivity contribution >= 4 is 40.8 Å². The van der Waals surface area contributed by atoms with Crippen molar-refractivity contribution in [2.75, 3.05) is 0 Å². The second-order valence-corrected chi connectivity index (χ2v) is 4.78. The minimum absolute atomic E-state index is 0.0494. The lowest BCUT2D eigenvalue weighted by Gasteiger charge is -2.07. The first-order chi connectivity index (χ1) is 8.47. The fraction of sp³-hybridized carbons (Fsp3) is 0. The van der Waals surface area contributed by atoms with Crippen LogP contribution in [-0.4, -0.2) is 16.1 Å². The van der Waals surface area contributed by atoms with E-state index in [1.165, 1.54) is 12.3 Å². The number of aromatic carboxylic acids is 1. The van der Waals surface area contributed by atoms with Crippen molar-refractivity contribution in [2.45, 2.75) is 0 Å². The fourth-order valence-corrected chi connectivity index (χ4v) is 2.23. The van der Waals surface area contributed by atoms with Crippen LogP contribution in [0, 0.1) is 0 Å². The van der Waals surface area contributed by atoms with Gasteiger partial charge in [0.05, 0.1) is 5.56 Å². The molecule has 1 aromatic carbocycles. The molecule has 6 heteroatoms. The molecule has 3 nitrogen and oxygen atoms in total. The molecule has 0 fully saturated rings. The van der Waals surface area contributed by atoms with Gasteiger partial charge in [-0.3, -0.25) is 0 Å². The summed E-state index contributed by atoms with van der Waals surface area (Å²) >= 11 is 17.5. The molecule has 2 aromatic rings. The van der Waals surface area contributed by atoms with Gasteiger partial charge in [0, 0.05) is 21.8 Å². The van der Waals surface area contributed by atoms with E-state index in [-0.39, 0.29) is 10.7 Å². The van der Waals surface area contributed by atoms with E-state index in [0.29, 0.717) is 21.2 Å². The van der Waals surface area contributed by atoms with Crippen LogP contribution in [0.3, 0.4) is 0 Å². The lowest BCUT2D eigenvalue weighted by atomic mass is 10.0. The molecule has 18 heavy (non-hydrogen) atoms. The number of rotatable bonds is 2. The smallest absolute Gasteiger partial charge is 0.336 e. The first-order valence-electron chi connectivity index (χ1n) is 4.82. The number of aromatic nitrogens is 1. The normalized spacial score (nSPS) is 10.4. The average Bonchev–Trinajstić information content (AvgIpc) is 2.27. The quantitative estimate of drug-likeness (QED) is 0.836. The Balaban J connectivity index is 2.66. The molecule has 0 amide bonds. The summed E-state index contributed by atoms with van der Waals surface area (Å²) in [5.41, 5.74) is 1.04. The standard InChI is InChI=1S/C12H6Cl3NO2/c13-7-1-6(2-8(14)3-7)10-5-16-11(15)4-9(10)12(17)18/h1-5H,(H,17,18). The minimum atomic E-state index is -1.09. The van der Waals surface area contributed by atoms with Crippen LogP contribution < -0.4 is 0 Å². The average molecular weight is 303 g/mol. The summed E-state index contributed by atoms with van der Waals surface area (Å²) in [5, 5.41) is 10.1. The Kier molecular flexibility index (Phi) is 3.76. The minimum Gasteiger partial charge on any atom is -0.478 e. The highest BCUT2D eigenvalue weighted by Gasteiger charge is 2.14. The van der Waals surface area contributed by atoms with Crippen molar-refractivity contribution in [3.63, 3.8) is 0 Å². The number of carbonyl (C=O) groups is 1.